The lowest BCUT2D eigenvalue weighted by molar-refractivity contribution is -0.121. The highest BCUT2D eigenvalue weighted by Gasteiger charge is 2.39. The van der Waals surface area contributed by atoms with Crippen molar-refractivity contribution in [3.8, 4) is 11.5 Å². The number of hydrogen-bond acceptors (Lipinski definition) is 13. The van der Waals surface area contributed by atoms with Gasteiger partial charge >= 0.3 is 20.8 Å². The van der Waals surface area contributed by atoms with Crippen LogP contribution in [0.4, 0.5) is 26.7 Å². The fraction of sp³-hybridized carbons (Fsp3) is 0.308. The minimum Gasteiger partial charge on any atom is -0.445 e. The predicted molar refractivity (Wildman–Crippen MR) is 287 cm³/mol. The Labute approximate surface area is 442 Å². The molecule has 0 aliphatic carbocycles. The molecule has 0 fully saturated rings. The number of ether oxygens (including phenoxy) is 2. The number of amides is 6. The van der Waals surface area contributed by atoms with E-state index in [0.29, 0.717) is 68.9 Å². The van der Waals surface area contributed by atoms with Crippen molar-refractivity contribution < 1.29 is 52.6 Å². The molecule has 3 unspecified atom stereocenters. The smallest absolute Gasteiger partial charge is 0.415 e. The van der Waals surface area contributed by atoms with Gasteiger partial charge in [0.25, 0.3) is 11.8 Å². The number of thiophene rings is 1. The van der Waals surface area contributed by atoms with Crippen molar-refractivity contribution in [1.29, 1.82) is 0 Å². The van der Waals surface area contributed by atoms with Crippen molar-refractivity contribution in [2.45, 2.75) is 37.3 Å². The van der Waals surface area contributed by atoms with Gasteiger partial charge in [0.2, 0.25) is 12.3 Å². The maximum absolute atomic E-state index is 14.6. The maximum atomic E-state index is 14.6. The fourth-order valence-corrected chi connectivity index (χ4v) is 11.0. The number of carbonyl (C=O) groups is 6. The van der Waals surface area contributed by atoms with Crippen LogP contribution < -0.4 is 35.0 Å². The SMILES string of the molecule is CNCCCC(NC=O)C(=O)Nc1ccc(COC(=O)N(C)CCN(C)C(=O)Oc2cc3c(c4ccccc24)C(CCl)CN3C(=O)c2ccc(C(=O)N3CC(CCl)c4c3cc(OP(O)O)c3ccccc43)s2)cc1. The van der Waals surface area contributed by atoms with Crippen molar-refractivity contribution in [2.75, 3.05) is 80.7 Å². The van der Waals surface area contributed by atoms with Crippen LogP contribution >= 0.6 is 43.1 Å². The molecule has 3 atom stereocenters. The molecule has 0 saturated carbocycles. The Hall–Kier alpha value is -6.57. The predicted octanol–water partition coefficient (Wildman–Crippen LogP) is 8.36. The quantitative estimate of drug-likeness (QED) is 0.0211. The molecule has 18 nitrogen and oxygen atoms in total. The summed E-state index contributed by atoms with van der Waals surface area (Å²) in [5.41, 5.74) is 3.88. The summed E-state index contributed by atoms with van der Waals surface area (Å²) in [7, 11) is 2.14. The molecule has 22 heteroatoms. The average molecular weight is 1090 g/mol. The maximum Gasteiger partial charge on any atom is 0.415 e. The third-order valence-corrected chi connectivity index (χ3v) is 15.2. The van der Waals surface area contributed by atoms with E-state index in [1.54, 1.807) is 71.4 Å². The van der Waals surface area contributed by atoms with Crippen LogP contribution in [0.5, 0.6) is 11.5 Å². The second-order valence-corrected chi connectivity index (χ2v) is 20.2. The van der Waals surface area contributed by atoms with E-state index >= 15 is 0 Å². The minimum absolute atomic E-state index is 0.0478. The molecule has 74 heavy (non-hydrogen) atoms. The molecule has 0 spiro atoms. The van der Waals surface area contributed by atoms with Gasteiger partial charge in [0.15, 0.2) is 0 Å². The molecular weight excluding hydrogens is 1030 g/mol. The van der Waals surface area contributed by atoms with Gasteiger partial charge in [-0.3, -0.25) is 19.2 Å². The number of likely N-dealkylation sites (N-methyl/N-ethyl adjacent to an activating group) is 2. The zero-order valence-corrected chi connectivity index (χ0v) is 43.8. The van der Waals surface area contributed by atoms with E-state index < -0.39 is 26.8 Å². The Morgan fingerprint density at radius 3 is 1.82 bits per heavy atom. The lowest BCUT2D eigenvalue weighted by atomic mass is 9.95. The summed E-state index contributed by atoms with van der Waals surface area (Å²) in [4.78, 5) is 105. The number of benzene rings is 5. The normalized spacial score (nSPS) is 15.1. The summed E-state index contributed by atoms with van der Waals surface area (Å²) in [5, 5.41) is 11.2. The molecule has 0 saturated heterocycles. The summed E-state index contributed by atoms with van der Waals surface area (Å²) in [6.07, 6.45) is 0.335. The first kappa shape index (κ1) is 53.7. The van der Waals surface area contributed by atoms with Gasteiger partial charge in [0.1, 0.15) is 24.1 Å². The monoisotopic (exact) mass is 1090 g/mol. The minimum atomic E-state index is -2.75. The Balaban J connectivity index is 0.915. The van der Waals surface area contributed by atoms with Crippen molar-refractivity contribution in [1.82, 2.24) is 20.4 Å². The molecule has 1 aromatic heterocycles. The zero-order valence-electron chi connectivity index (χ0n) is 40.6. The van der Waals surface area contributed by atoms with Gasteiger partial charge < -0.3 is 59.3 Å². The van der Waals surface area contributed by atoms with Crippen LogP contribution in [0, 0.1) is 0 Å². The molecule has 0 bridgehead atoms. The van der Waals surface area contributed by atoms with Crippen molar-refractivity contribution in [3.63, 3.8) is 0 Å². The molecule has 2 aliphatic heterocycles. The van der Waals surface area contributed by atoms with Crippen molar-refractivity contribution in [3.05, 3.63) is 124 Å². The molecular formula is C52H54Cl2N7O11PS. The number of hydrogen-bond donors (Lipinski definition) is 5. The molecule has 0 radical (unpaired) electrons. The number of alkyl halides is 2. The molecule has 2 aliphatic rings. The van der Waals surface area contributed by atoms with Crippen molar-refractivity contribution in [2.24, 2.45) is 0 Å². The van der Waals surface area contributed by atoms with Crippen molar-refractivity contribution >= 4 is 118 Å². The highest BCUT2D eigenvalue weighted by molar-refractivity contribution is 7.39. The Kier molecular flexibility index (Phi) is 17.6. The number of rotatable bonds is 20. The van der Waals surface area contributed by atoms with Crippen LogP contribution in [0.25, 0.3) is 21.5 Å². The van der Waals surface area contributed by atoms with Crippen LogP contribution in [0.3, 0.4) is 0 Å². The molecule has 388 valence electrons. The number of halogens is 2. The lowest BCUT2D eigenvalue weighted by Gasteiger charge is -2.23. The zero-order chi connectivity index (χ0) is 52.6. The highest BCUT2D eigenvalue weighted by Crippen LogP contribution is 2.49. The van der Waals surface area contributed by atoms with Crippen LogP contribution in [-0.4, -0.2) is 128 Å². The summed E-state index contributed by atoms with van der Waals surface area (Å²) in [6.45, 7) is 1.34. The molecule has 8 rings (SSSR count). The largest absolute Gasteiger partial charge is 0.445 e. The fourth-order valence-electron chi connectivity index (χ4n) is 9.22. The van der Waals surface area contributed by atoms with Crippen LogP contribution in [0.1, 0.15) is 60.7 Å². The van der Waals surface area contributed by atoms with Gasteiger partial charge in [-0.05, 0) is 78.2 Å². The number of nitrogens with one attached hydrogen (secondary N) is 3. The molecule has 5 aromatic carbocycles. The lowest BCUT2D eigenvalue weighted by Crippen LogP contribution is -2.40. The summed E-state index contributed by atoms with van der Waals surface area (Å²) >= 11 is 14.1. The van der Waals surface area contributed by atoms with Crippen LogP contribution in [-0.2, 0) is 20.9 Å². The molecule has 6 amide bonds. The number of fused-ring (bicyclic) bond motifs is 6. The summed E-state index contributed by atoms with van der Waals surface area (Å²) < 4.78 is 17.0. The Morgan fingerprint density at radius 2 is 1.30 bits per heavy atom. The van der Waals surface area contributed by atoms with Gasteiger partial charge in [-0.15, -0.1) is 34.5 Å². The topological polar surface area (TPSA) is 220 Å². The van der Waals surface area contributed by atoms with E-state index in [2.05, 4.69) is 16.0 Å². The molecule has 6 aromatic rings. The van der Waals surface area contributed by atoms with Gasteiger partial charge in [0, 0.05) is 92.5 Å². The van der Waals surface area contributed by atoms with Crippen LogP contribution in [0.15, 0.2) is 97.1 Å². The number of anilines is 3. The van der Waals surface area contributed by atoms with Gasteiger partial charge in [-0.1, -0.05) is 60.7 Å². The second kappa shape index (κ2) is 24.2. The van der Waals surface area contributed by atoms with E-state index in [9.17, 15) is 38.6 Å². The summed E-state index contributed by atoms with van der Waals surface area (Å²) in [6, 6.07) is 27.3. The van der Waals surface area contributed by atoms with E-state index in [4.69, 9.17) is 37.2 Å². The van der Waals surface area contributed by atoms with E-state index in [1.807, 2.05) is 49.5 Å². The Bertz CT molecular complexity index is 3070. The van der Waals surface area contributed by atoms with Gasteiger partial charge in [-0.25, -0.2) is 9.59 Å². The average Bonchev–Trinajstić information content (AvgIpc) is 4.17. The van der Waals surface area contributed by atoms with E-state index in [-0.39, 0.29) is 85.6 Å². The highest BCUT2D eigenvalue weighted by atomic mass is 35.5. The Morgan fingerprint density at radius 1 is 0.770 bits per heavy atom. The van der Waals surface area contributed by atoms with Gasteiger partial charge in [-0.2, -0.15) is 0 Å². The third-order valence-electron chi connectivity index (χ3n) is 13.0. The van der Waals surface area contributed by atoms with Gasteiger partial charge in [0.05, 0.1) is 21.1 Å². The third kappa shape index (κ3) is 11.7. The first-order valence-electron chi connectivity index (χ1n) is 23.6. The second-order valence-electron chi connectivity index (χ2n) is 17.8. The summed E-state index contributed by atoms with van der Waals surface area (Å²) in [5.74, 6) is -0.738. The molecule has 3 heterocycles. The number of carbonyl (C=O) groups excluding carboxylic acids is 6. The standard InChI is InChI=1S/C52H54Cl2N7O11PS/c1-55-20-8-13-39(56-30-62)48(63)57-34-16-14-31(15-17-34)29-70-51(66)58(2)21-22-59(3)52(67)71-42-23-40-46(37-11-6-4-9-35(37)42)32(25-53)27-60(40)49(64)44-18-19-45(74-44)50(65)61-28-33(26-54)47-38-12-7-5-10-36(38)43(24-41(47)61)72-73(68)69/h4-7,9-12,14-19,23-24,30,32-33,39,55,68-69H,8,13,20-22,25-29H2,1-3H3,(H,56,62)(H,57,63). The van der Waals surface area contributed by atoms with E-state index in [1.165, 1.54) is 16.8 Å². The van der Waals surface area contributed by atoms with Crippen LogP contribution in [0.2, 0.25) is 0 Å². The first-order valence-corrected chi connectivity index (χ1v) is 26.7. The van der Waals surface area contributed by atoms with E-state index in [0.717, 1.165) is 33.2 Å². The first-order chi connectivity index (χ1) is 35.7. The number of nitrogens with zero attached hydrogens (tertiary/aromatic N) is 4. The molecule has 5 N–H and O–H groups in total.